The van der Waals surface area contributed by atoms with Crippen LogP contribution in [-0.2, 0) is 0 Å². The van der Waals surface area contributed by atoms with Crippen LogP contribution in [0.2, 0.25) is 0 Å². The molecule has 1 amide bonds. The lowest BCUT2D eigenvalue weighted by Gasteiger charge is -2.18. The summed E-state index contributed by atoms with van der Waals surface area (Å²) < 4.78 is 5.44. The van der Waals surface area contributed by atoms with E-state index in [1.807, 2.05) is 31.2 Å². The molecule has 1 atom stereocenters. The highest BCUT2D eigenvalue weighted by molar-refractivity contribution is 6.04. The number of hydrogen-bond acceptors (Lipinski definition) is 3. The molecule has 24 heavy (non-hydrogen) atoms. The molecule has 3 rings (SSSR count). The van der Waals surface area contributed by atoms with Crippen LogP contribution in [0.3, 0.4) is 0 Å². The van der Waals surface area contributed by atoms with Crippen molar-refractivity contribution in [2.75, 3.05) is 29.9 Å². The fourth-order valence-electron chi connectivity index (χ4n) is 3.02. The summed E-state index contributed by atoms with van der Waals surface area (Å²) in [6.07, 6.45) is 1.24. The van der Waals surface area contributed by atoms with Crippen molar-refractivity contribution in [3.63, 3.8) is 0 Å². The number of nitrogens with zero attached hydrogens (tertiary/aromatic N) is 1. The molecular formula is C20H24N2O2. The Kier molecular flexibility index (Phi) is 5.04. The number of carbonyl (C=O) groups excluding carboxylic acids is 1. The molecule has 1 aliphatic heterocycles. The Morgan fingerprint density at radius 1 is 1.25 bits per heavy atom. The Morgan fingerprint density at radius 2 is 2.04 bits per heavy atom. The molecule has 2 aromatic rings. The zero-order valence-electron chi connectivity index (χ0n) is 14.3. The summed E-state index contributed by atoms with van der Waals surface area (Å²) in [6.45, 7) is 7.01. The first kappa shape index (κ1) is 16.4. The lowest BCUT2D eigenvalue weighted by atomic mass is 10.2. The quantitative estimate of drug-likeness (QED) is 0.897. The fraction of sp³-hybridized carbons (Fsp3) is 0.350. The third kappa shape index (κ3) is 3.88. The maximum absolute atomic E-state index is 12.4. The van der Waals surface area contributed by atoms with E-state index in [0.717, 1.165) is 24.7 Å². The van der Waals surface area contributed by atoms with Crippen molar-refractivity contribution in [1.82, 2.24) is 0 Å². The number of hydrogen-bond donors (Lipinski definition) is 1. The van der Waals surface area contributed by atoms with Gasteiger partial charge in [-0.15, -0.1) is 0 Å². The van der Waals surface area contributed by atoms with Crippen molar-refractivity contribution < 1.29 is 9.53 Å². The number of nitrogens with one attached hydrogen (secondary N) is 1. The molecule has 0 radical (unpaired) electrons. The van der Waals surface area contributed by atoms with Gasteiger partial charge in [-0.3, -0.25) is 4.79 Å². The normalized spacial score (nSPS) is 16.9. The second kappa shape index (κ2) is 7.39. The van der Waals surface area contributed by atoms with Crippen LogP contribution in [0.25, 0.3) is 0 Å². The highest BCUT2D eigenvalue weighted by Crippen LogP contribution is 2.25. The van der Waals surface area contributed by atoms with Crippen molar-refractivity contribution in [1.29, 1.82) is 0 Å². The van der Waals surface area contributed by atoms with Crippen LogP contribution in [0.4, 0.5) is 11.4 Å². The van der Waals surface area contributed by atoms with Gasteiger partial charge in [-0.25, -0.2) is 0 Å². The number of rotatable bonds is 5. The fourth-order valence-corrected chi connectivity index (χ4v) is 3.02. The van der Waals surface area contributed by atoms with Gasteiger partial charge in [0.1, 0.15) is 5.75 Å². The molecule has 1 fully saturated rings. The first-order valence-corrected chi connectivity index (χ1v) is 8.55. The van der Waals surface area contributed by atoms with Crippen LogP contribution < -0.4 is 15.0 Å². The highest BCUT2D eigenvalue weighted by Gasteiger charge is 2.18. The van der Waals surface area contributed by atoms with Crippen LogP contribution in [-0.4, -0.2) is 25.6 Å². The van der Waals surface area contributed by atoms with Crippen molar-refractivity contribution >= 4 is 17.3 Å². The molecule has 4 nitrogen and oxygen atoms in total. The molecule has 0 aromatic heterocycles. The molecule has 0 aliphatic carbocycles. The van der Waals surface area contributed by atoms with E-state index in [1.54, 1.807) is 12.1 Å². The SMILES string of the molecule is CCOc1cccc(C(=O)Nc2ccc(N3CCC(C)C3)cc2)c1. The predicted octanol–water partition coefficient (Wildman–Crippen LogP) is 4.18. The monoisotopic (exact) mass is 324 g/mol. The average Bonchev–Trinajstić information content (AvgIpc) is 3.02. The van der Waals surface area contributed by atoms with Gasteiger partial charge in [-0.2, -0.15) is 0 Å². The zero-order chi connectivity index (χ0) is 16.9. The topological polar surface area (TPSA) is 41.6 Å². The third-order valence-electron chi connectivity index (χ3n) is 4.32. The number of benzene rings is 2. The summed E-state index contributed by atoms with van der Waals surface area (Å²) in [5.41, 5.74) is 2.62. The van der Waals surface area contributed by atoms with E-state index in [0.29, 0.717) is 17.9 Å². The summed E-state index contributed by atoms with van der Waals surface area (Å²) in [6, 6.07) is 15.3. The lowest BCUT2D eigenvalue weighted by Crippen LogP contribution is -2.19. The Bertz CT molecular complexity index is 697. The van der Waals surface area contributed by atoms with Gasteiger partial charge in [0.2, 0.25) is 0 Å². The molecule has 2 aromatic carbocycles. The lowest BCUT2D eigenvalue weighted by molar-refractivity contribution is 0.102. The van der Waals surface area contributed by atoms with E-state index in [2.05, 4.69) is 29.3 Å². The molecule has 1 saturated heterocycles. The first-order chi connectivity index (χ1) is 11.7. The molecule has 1 heterocycles. The van der Waals surface area contributed by atoms with Gasteiger partial charge >= 0.3 is 0 Å². The zero-order valence-corrected chi connectivity index (χ0v) is 14.3. The van der Waals surface area contributed by atoms with Crippen molar-refractivity contribution in [3.8, 4) is 5.75 Å². The third-order valence-corrected chi connectivity index (χ3v) is 4.32. The van der Waals surface area contributed by atoms with E-state index in [9.17, 15) is 4.79 Å². The number of anilines is 2. The Morgan fingerprint density at radius 3 is 2.71 bits per heavy atom. The van der Waals surface area contributed by atoms with Crippen molar-refractivity contribution in [2.24, 2.45) is 5.92 Å². The van der Waals surface area contributed by atoms with Gasteiger partial charge in [0, 0.05) is 30.0 Å². The van der Waals surface area contributed by atoms with Gasteiger partial charge in [-0.1, -0.05) is 13.0 Å². The van der Waals surface area contributed by atoms with Gasteiger partial charge in [0.05, 0.1) is 6.61 Å². The predicted molar refractivity (Wildman–Crippen MR) is 98.0 cm³/mol. The molecule has 4 heteroatoms. The number of ether oxygens (including phenoxy) is 1. The minimum Gasteiger partial charge on any atom is -0.494 e. The Hall–Kier alpha value is -2.49. The van der Waals surface area contributed by atoms with Crippen LogP contribution in [0.1, 0.15) is 30.6 Å². The van der Waals surface area contributed by atoms with Gasteiger partial charge in [0.25, 0.3) is 5.91 Å². The summed E-state index contributed by atoms with van der Waals surface area (Å²) in [4.78, 5) is 14.8. The minimum atomic E-state index is -0.126. The largest absolute Gasteiger partial charge is 0.494 e. The standard InChI is InChI=1S/C20H24N2O2/c1-3-24-19-6-4-5-16(13-19)20(23)21-17-7-9-18(10-8-17)22-12-11-15(2)14-22/h4-10,13,15H,3,11-12,14H2,1-2H3,(H,21,23). The molecular weight excluding hydrogens is 300 g/mol. The summed E-state index contributed by atoms with van der Waals surface area (Å²) in [5.74, 6) is 1.34. The smallest absolute Gasteiger partial charge is 0.255 e. The van der Waals surface area contributed by atoms with Crippen LogP contribution >= 0.6 is 0 Å². The molecule has 1 unspecified atom stereocenters. The van der Waals surface area contributed by atoms with E-state index in [4.69, 9.17) is 4.74 Å². The van der Waals surface area contributed by atoms with Crippen LogP contribution in [0.15, 0.2) is 48.5 Å². The van der Waals surface area contributed by atoms with E-state index < -0.39 is 0 Å². The van der Waals surface area contributed by atoms with E-state index in [1.165, 1.54) is 12.1 Å². The van der Waals surface area contributed by atoms with Gasteiger partial charge < -0.3 is 15.0 Å². The second-order valence-corrected chi connectivity index (χ2v) is 6.30. The molecule has 0 spiro atoms. The highest BCUT2D eigenvalue weighted by atomic mass is 16.5. The first-order valence-electron chi connectivity index (χ1n) is 8.55. The second-order valence-electron chi connectivity index (χ2n) is 6.30. The Labute approximate surface area is 143 Å². The molecule has 1 N–H and O–H groups in total. The maximum atomic E-state index is 12.4. The molecule has 0 saturated carbocycles. The minimum absolute atomic E-state index is 0.126. The average molecular weight is 324 g/mol. The number of amides is 1. The van der Waals surface area contributed by atoms with Gasteiger partial charge in [-0.05, 0) is 61.7 Å². The molecule has 0 bridgehead atoms. The van der Waals surface area contributed by atoms with E-state index in [-0.39, 0.29) is 5.91 Å². The molecule has 1 aliphatic rings. The summed E-state index contributed by atoms with van der Waals surface area (Å²) >= 11 is 0. The number of carbonyl (C=O) groups is 1. The summed E-state index contributed by atoms with van der Waals surface area (Å²) in [7, 11) is 0. The molecule has 126 valence electrons. The van der Waals surface area contributed by atoms with Crippen LogP contribution in [0, 0.1) is 5.92 Å². The van der Waals surface area contributed by atoms with E-state index >= 15 is 0 Å². The Balaban J connectivity index is 1.65. The summed E-state index contributed by atoms with van der Waals surface area (Å²) in [5, 5.41) is 2.94. The van der Waals surface area contributed by atoms with Crippen molar-refractivity contribution in [3.05, 3.63) is 54.1 Å². The van der Waals surface area contributed by atoms with Crippen molar-refractivity contribution in [2.45, 2.75) is 20.3 Å². The maximum Gasteiger partial charge on any atom is 0.255 e. The van der Waals surface area contributed by atoms with Gasteiger partial charge in [0.15, 0.2) is 0 Å². The van der Waals surface area contributed by atoms with Crippen LogP contribution in [0.5, 0.6) is 5.75 Å².